The van der Waals surface area contributed by atoms with Crippen molar-refractivity contribution in [3.05, 3.63) is 12.7 Å². The van der Waals surface area contributed by atoms with Gasteiger partial charge in [-0.25, -0.2) is 0 Å². The molecule has 2 nitrogen and oxygen atoms in total. The van der Waals surface area contributed by atoms with Gasteiger partial charge in [0.2, 0.25) is 0 Å². The van der Waals surface area contributed by atoms with Gasteiger partial charge in [0.1, 0.15) is 0 Å². The number of nitrogens with one attached hydrogen (secondary N) is 1. The van der Waals surface area contributed by atoms with Crippen LogP contribution in [0.15, 0.2) is 12.7 Å². The van der Waals surface area contributed by atoms with E-state index in [-0.39, 0.29) is 0 Å². The lowest BCUT2D eigenvalue weighted by Crippen LogP contribution is -2.33. The van der Waals surface area contributed by atoms with Crippen molar-refractivity contribution >= 4 is 0 Å². The van der Waals surface area contributed by atoms with Crippen LogP contribution in [0.3, 0.4) is 0 Å². The van der Waals surface area contributed by atoms with E-state index in [1.54, 1.807) is 0 Å². The fraction of sp³-hybridized carbons (Fsp3) is 0.800. The van der Waals surface area contributed by atoms with Crippen LogP contribution in [0.2, 0.25) is 0 Å². The first-order valence-electron chi connectivity index (χ1n) is 4.79. The molecule has 0 radical (unpaired) electrons. The number of hydrogen-bond donors (Lipinski definition) is 1. The highest BCUT2D eigenvalue weighted by atomic mass is 15.2. The molecule has 2 heteroatoms. The lowest BCUT2D eigenvalue weighted by Gasteiger charge is -2.22. The third-order valence-corrected chi connectivity index (χ3v) is 2.88. The molecule has 0 aliphatic carbocycles. The molecule has 1 saturated heterocycles. The van der Waals surface area contributed by atoms with E-state index in [9.17, 15) is 0 Å². The second-order valence-electron chi connectivity index (χ2n) is 3.63. The summed E-state index contributed by atoms with van der Waals surface area (Å²) in [6, 6.07) is 0.718. The van der Waals surface area contributed by atoms with E-state index in [1.165, 1.54) is 13.0 Å². The minimum atomic E-state index is 0.718. The third-order valence-electron chi connectivity index (χ3n) is 2.88. The van der Waals surface area contributed by atoms with Crippen molar-refractivity contribution in [3.63, 3.8) is 0 Å². The zero-order valence-corrected chi connectivity index (χ0v) is 8.21. The summed E-state index contributed by atoms with van der Waals surface area (Å²) < 4.78 is 0. The Morgan fingerprint density at radius 1 is 1.67 bits per heavy atom. The van der Waals surface area contributed by atoms with E-state index < -0.39 is 0 Å². The minimum Gasteiger partial charge on any atom is -0.319 e. The van der Waals surface area contributed by atoms with E-state index in [0.29, 0.717) is 0 Å². The highest BCUT2D eigenvalue weighted by Gasteiger charge is 2.28. The van der Waals surface area contributed by atoms with Crippen molar-refractivity contribution in [1.82, 2.24) is 10.2 Å². The van der Waals surface area contributed by atoms with Gasteiger partial charge in [0, 0.05) is 12.6 Å². The Bertz CT molecular complexity index is 145. The number of hydrogen-bond acceptors (Lipinski definition) is 2. The Morgan fingerprint density at radius 3 is 3.00 bits per heavy atom. The summed E-state index contributed by atoms with van der Waals surface area (Å²) in [6.07, 6.45) is 3.33. The van der Waals surface area contributed by atoms with Gasteiger partial charge in [0.25, 0.3) is 0 Å². The van der Waals surface area contributed by atoms with Crippen molar-refractivity contribution in [2.75, 3.05) is 26.7 Å². The van der Waals surface area contributed by atoms with Crippen molar-refractivity contribution in [2.45, 2.75) is 19.4 Å². The second-order valence-corrected chi connectivity index (χ2v) is 3.63. The fourth-order valence-corrected chi connectivity index (χ4v) is 2.03. The quantitative estimate of drug-likeness (QED) is 0.632. The van der Waals surface area contributed by atoms with Crippen LogP contribution in [-0.4, -0.2) is 37.6 Å². The highest BCUT2D eigenvalue weighted by molar-refractivity contribution is 4.88. The van der Waals surface area contributed by atoms with Crippen LogP contribution in [0.25, 0.3) is 0 Å². The summed E-state index contributed by atoms with van der Waals surface area (Å²) in [5, 5.41) is 3.25. The molecule has 1 aliphatic heterocycles. The van der Waals surface area contributed by atoms with E-state index >= 15 is 0 Å². The Labute approximate surface area is 75.6 Å². The number of rotatable bonds is 4. The molecule has 1 heterocycles. The maximum atomic E-state index is 3.77. The molecule has 70 valence electrons. The van der Waals surface area contributed by atoms with Gasteiger partial charge in [-0.2, -0.15) is 0 Å². The third kappa shape index (κ3) is 2.08. The van der Waals surface area contributed by atoms with Gasteiger partial charge < -0.3 is 5.32 Å². The van der Waals surface area contributed by atoms with Crippen LogP contribution in [0.1, 0.15) is 13.3 Å². The molecule has 0 amide bonds. The first-order valence-corrected chi connectivity index (χ1v) is 4.79. The molecule has 12 heavy (non-hydrogen) atoms. The predicted molar refractivity (Wildman–Crippen MR) is 53.3 cm³/mol. The SMILES string of the molecule is C=CCN1CCC(CNC)C1C. The number of likely N-dealkylation sites (tertiary alicyclic amines) is 1. The summed E-state index contributed by atoms with van der Waals surface area (Å²) in [6.45, 7) is 9.52. The van der Waals surface area contributed by atoms with Crippen molar-refractivity contribution in [1.29, 1.82) is 0 Å². The predicted octanol–water partition coefficient (Wildman–Crippen LogP) is 1.10. The van der Waals surface area contributed by atoms with Crippen LogP contribution in [-0.2, 0) is 0 Å². The summed E-state index contributed by atoms with van der Waals surface area (Å²) in [7, 11) is 2.03. The van der Waals surface area contributed by atoms with Crippen molar-refractivity contribution in [3.8, 4) is 0 Å². The molecule has 0 aromatic heterocycles. The molecule has 0 saturated carbocycles. The average molecular weight is 168 g/mol. The van der Waals surface area contributed by atoms with Gasteiger partial charge in [-0.05, 0) is 39.4 Å². The Balaban J connectivity index is 2.37. The molecule has 1 aliphatic rings. The smallest absolute Gasteiger partial charge is 0.0163 e. The maximum Gasteiger partial charge on any atom is 0.0163 e. The van der Waals surface area contributed by atoms with Crippen LogP contribution in [0, 0.1) is 5.92 Å². The Hall–Kier alpha value is -0.340. The zero-order valence-electron chi connectivity index (χ0n) is 8.21. The van der Waals surface area contributed by atoms with Crippen LogP contribution in [0.5, 0.6) is 0 Å². The van der Waals surface area contributed by atoms with E-state index in [1.807, 2.05) is 13.1 Å². The molecule has 1 N–H and O–H groups in total. The molecule has 0 spiro atoms. The first-order chi connectivity index (χ1) is 5.79. The normalized spacial score (nSPS) is 30.8. The Morgan fingerprint density at radius 2 is 2.42 bits per heavy atom. The summed E-state index contributed by atoms with van der Waals surface area (Å²) >= 11 is 0. The average Bonchev–Trinajstić information content (AvgIpc) is 2.38. The standard InChI is InChI=1S/C10H20N2/c1-4-6-12-7-5-10(8-11-3)9(12)2/h4,9-11H,1,5-8H2,2-3H3. The summed E-state index contributed by atoms with van der Waals surface area (Å²) in [5.41, 5.74) is 0. The van der Waals surface area contributed by atoms with E-state index in [2.05, 4.69) is 23.7 Å². The molecule has 2 unspecified atom stereocenters. The lowest BCUT2D eigenvalue weighted by atomic mass is 10.0. The number of nitrogens with zero attached hydrogens (tertiary/aromatic N) is 1. The largest absolute Gasteiger partial charge is 0.319 e. The molecule has 2 atom stereocenters. The molecule has 1 rings (SSSR count). The molecule has 1 fully saturated rings. The fourth-order valence-electron chi connectivity index (χ4n) is 2.03. The van der Waals surface area contributed by atoms with Crippen molar-refractivity contribution < 1.29 is 0 Å². The maximum absolute atomic E-state index is 3.77. The van der Waals surface area contributed by atoms with Gasteiger partial charge in [-0.15, -0.1) is 6.58 Å². The minimum absolute atomic E-state index is 0.718. The summed E-state index contributed by atoms with van der Waals surface area (Å²) in [4.78, 5) is 2.50. The van der Waals surface area contributed by atoms with Crippen LogP contribution < -0.4 is 5.32 Å². The van der Waals surface area contributed by atoms with E-state index in [0.717, 1.165) is 25.0 Å². The van der Waals surface area contributed by atoms with Gasteiger partial charge >= 0.3 is 0 Å². The summed E-state index contributed by atoms with van der Waals surface area (Å²) in [5.74, 6) is 0.829. The monoisotopic (exact) mass is 168 g/mol. The lowest BCUT2D eigenvalue weighted by molar-refractivity contribution is 0.264. The molecular formula is C10H20N2. The zero-order chi connectivity index (χ0) is 8.97. The van der Waals surface area contributed by atoms with Gasteiger partial charge in [0.05, 0.1) is 0 Å². The molecule has 0 bridgehead atoms. The first kappa shape index (κ1) is 9.75. The van der Waals surface area contributed by atoms with E-state index in [4.69, 9.17) is 0 Å². The van der Waals surface area contributed by atoms with Crippen LogP contribution in [0.4, 0.5) is 0 Å². The molecular weight excluding hydrogens is 148 g/mol. The topological polar surface area (TPSA) is 15.3 Å². The van der Waals surface area contributed by atoms with Gasteiger partial charge in [0.15, 0.2) is 0 Å². The Kier molecular flexibility index (Phi) is 3.76. The van der Waals surface area contributed by atoms with Crippen LogP contribution >= 0.6 is 0 Å². The van der Waals surface area contributed by atoms with Gasteiger partial charge in [-0.3, -0.25) is 4.90 Å². The van der Waals surface area contributed by atoms with Gasteiger partial charge in [-0.1, -0.05) is 6.08 Å². The second kappa shape index (κ2) is 4.63. The molecule has 0 aromatic rings. The van der Waals surface area contributed by atoms with Crippen molar-refractivity contribution in [2.24, 2.45) is 5.92 Å². The molecule has 0 aromatic carbocycles. The highest BCUT2D eigenvalue weighted by Crippen LogP contribution is 2.22.